The molecular formula is C29H57N3O8P+. The number of ether oxygens (including phenoxy) is 2. The second-order valence-corrected chi connectivity index (χ2v) is 13.1. The molecule has 1 heterocycles. The number of aromatic nitrogens is 1. The molecule has 11 nitrogen and oxygen atoms in total. The molecule has 2 N–H and O–H groups in total. The van der Waals surface area contributed by atoms with Crippen LogP contribution in [0.4, 0.5) is 4.79 Å². The molecule has 0 fully saturated rings. The summed E-state index contributed by atoms with van der Waals surface area (Å²) in [4.78, 5) is 22.1. The normalized spacial score (nSPS) is 14.0. The number of hydrogen-bond acceptors (Lipinski definition) is 8. The first kappa shape index (κ1) is 37.4. The highest BCUT2D eigenvalue weighted by Gasteiger charge is 2.26. The molecule has 0 aliphatic heterocycles. The Kier molecular flexibility index (Phi) is 20.9. The van der Waals surface area contributed by atoms with Crippen molar-refractivity contribution in [3.63, 3.8) is 0 Å². The molecule has 1 rings (SSSR count). The number of alkyl carbamates (subject to hydrolysis) is 1. The van der Waals surface area contributed by atoms with E-state index in [9.17, 15) is 14.3 Å². The lowest BCUT2D eigenvalue weighted by molar-refractivity contribution is -0.870. The zero-order valence-corrected chi connectivity index (χ0v) is 26.9. The van der Waals surface area contributed by atoms with Crippen molar-refractivity contribution in [3.8, 4) is 5.88 Å². The number of carbonyl (C=O) groups is 1. The van der Waals surface area contributed by atoms with Crippen molar-refractivity contribution >= 4 is 13.9 Å². The summed E-state index contributed by atoms with van der Waals surface area (Å²) in [6.45, 7) is 2.79. The van der Waals surface area contributed by atoms with Crippen LogP contribution >= 0.6 is 7.82 Å². The van der Waals surface area contributed by atoms with E-state index in [1.807, 2.05) is 21.1 Å². The summed E-state index contributed by atoms with van der Waals surface area (Å²) in [5, 5.41) is 6.39. The molecular weight excluding hydrogens is 549 g/mol. The molecule has 0 aliphatic rings. The molecule has 1 aromatic rings. The van der Waals surface area contributed by atoms with Crippen molar-refractivity contribution in [1.29, 1.82) is 0 Å². The Hall–Kier alpha value is -1.65. The zero-order valence-electron chi connectivity index (χ0n) is 26.0. The van der Waals surface area contributed by atoms with Gasteiger partial charge in [-0.2, -0.15) is 0 Å². The third kappa shape index (κ3) is 23.6. The van der Waals surface area contributed by atoms with Gasteiger partial charge < -0.3 is 28.7 Å². The maximum atomic E-state index is 12.2. The number of nitrogens with one attached hydrogen (secondary N) is 1. The van der Waals surface area contributed by atoms with Crippen LogP contribution in [0.15, 0.2) is 16.9 Å². The number of hydrogen-bond donors (Lipinski definition) is 2. The van der Waals surface area contributed by atoms with E-state index in [-0.39, 0.29) is 25.7 Å². The van der Waals surface area contributed by atoms with Crippen LogP contribution in [0.1, 0.15) is 103 Å². The molecule has 0 spiro atoms. The summed E-state index contributed by atoms with van der Waals surface area (Å²) in [5.41, 5.74) is 0. The minimum atomic E-state index is -4.31. The third-order valence-electron chi connectivity index (χ3n) is 6.59. The first-order chi connectivity index (χ1) is 19.6. The van der Waals surface area contributed by atoms with E-state index < -0.39 is 20.0 Å². The number of amides is 1. The molecule has 0 radical (unpaired) electrons. The average molecular weight is 607 g/mol. The van der Waals surface area contributed by atoms with Crippen molar-refractivity contribution in [2.45, 2.75) is 109 Å². The molecule has 0 bridgehead atoms. The van der Waals surface area contributed by atoms with Gasteiger partial charge in [0.15, 0.2) is 6.10 Å². The van der Waals surface area contributed by atoms with Crippen LogP contribution in [0.5, 0.6) is 5.88 Å². The molecule has 2 unspecified atom stereocenters. The van der Waals surface area contributed by atoms with Gasteiger partial charge in [0.05, 0.1) is 27.7 Å². The summed E-state index contributed by atoms with van der Waals surface area (Å²) in [6, 6.07) is 1.47. The van der Waals surface area contributed by atoms with Crippen LogP contribution in [0.3, 0.4) is 0 Å². The quantitative estimate of drug-likeness (QED) is 0.0627. The molecule has 0 aliphatic carbocycles. The van der Waals surface area contributed by atoms with Gasteiger partial charge in [0, 0.05) is 12.6 Å². The standard InChI is InChI=1S/C29H56N3O8P/c1-5-6-7-8-9-10-11-12-13-14-15-16-17-18-19-21-30-29(33)36-25-27(40-28-20-23-37-31-28)26-39-41(34,35)38-24-22-32(2,3)4/h20,23,27H,5-19,21-22,24-26H2,1-4H3,(H-,30,33,34,35)/p+1. The third-order valence-corrected chi connectivity index (χ3v) is 7.58. The largest absolute Gasteiger partial charge is 0.472 e. The van der Waals surface area contributed by atoms with E-state index in [1.54, 1.807) is 0 Å². The van der Waals surface area contributed by atoms with E-state index in [0.29, 0.717) is 17.6 Å². The fraction of sp³-hybridized carbons (Fsp3) is 0.862. The number of carbonyl (C=O) groups excluding carboxylic acids is 1. The van der Waals surface area contributed by atoms with Gasteiger partial charge in [0.1, 0.15) is 26.0 Å². The second kappa shape index (κ2) is 22.9. The van der Waals surface area contributed by atoms with Crippen LogP contribution in [0, 0.1) is 0 Å². The first-order valence-electron chi connectivity index (χ1n) is 15.5. The Morgan fingerprint density at radius 2 is 1.49 bits per heavy atom. The summed E-state index contributed by atoms with van der Waals surface area (Å²) >= 11 is 0. The maximum Gasteiger partial charge on any atom is 0.472 e. The fourth-order valence-corrected chi connectivity index (χ4v) is 4.84. The summed E-state index contributed by atoms with van der Waals surface area (Å²) < 4.78 is 38.4. The van der Waals surface area contributed by atoms with Crippen LogP contribution in [-0.4, -0.2) is 80.8 Å². The van der Waals surface area contributed by atoms with Crippen molar-refractivity contribution in [2.24, 2.45) is 0 Å². The van der Waals surface area contributed by atoms with Crippen LogP contribution in [0.25, 0.3) is 0 Å². The zero-order chi connectivity index (χ0) is 30.2. The highest BCUT2D eigenvalue weighted by atomic mass is 31.2. The van der Waals surface area contributed by atoms with Crippen LogP contribution in [0.2, 0.25) is 0 Å². The van der Waals surface area contributed by atoms with Crippen molar-refractivity contribution in [1.82, 2.24) is 10.5 Å². The molecule has 41 heavy (non-hydrogen) atoms. The number of unbranched alkanes of at least 4 members (excludes halogenated alkanes) is 14. The summed E-state index contributed by atoms with van der Waals surface area (Å²) in [6.07, 6.45) is 19.1. The van der Waals surface area contributed by atoms with E-state index >= 15 is 0 Å². The van der Waals surface area contributed by atoms with Gasteiger partial charge in [-0.3, -0.25) is 9.05 Å². The van der Waals surface area contributed by atoms with Gasteiger partial charge >= 0.3 is 13.9 Å². The van der Waals surface area contributed by atoms with Gasteiger partial charge in [-0.25, -0.2) is 9.36 Å². The molecule has 1 aromatic heterocycles. The van der Waals surface area contributed by atoms with Crippen LogP contribution in [-0.2, 0) is 18.3 Å². The molecule has 1 amide bonds. The Labute approximate surface area is 247 Å². The SMILES string of the molecule is CCCCCCCCCCCCCCCCCNC(=O)OCC(COP(=O)(O)OCC[N+](C)(C)C)Oc1ccon1. The van der Waals surface area contributed by atoms with Gasteiger partial charge in [-0.15, -0.1) is 0 Å². The van der Waals surface area contributed by atoms with Gasteiger partial charge in [0.25, 0.3) is 5.88 Å². The number of nitrogens with zero attached hydrogens (tertiary/aromatic N) is 2. The smallest absolute Gasteiger partial charge is 0.466 e. The Morgan fingerprint density at radius 1 is 0.927 bits per heavy atom. The Balaban J connectivity index is 2.13. The average Bonchev–Trinajstić information content (AvgIpc) is 3.42. The molecule has 0 saturated heterocycles. The van der Waals surface area contributed by atoms with Crippen LogP contribution < -0.4 is 10.1 Å². The Morgan fingerprint density at radius 3 is 2.00 bits per heavy atom. The lowest BCUT2D eigenvalue weighted by Gasteiger charge is -2.24. The van der Waals surface area contributed by atoms with E-state index in [4.69, 9.17) is 23.0 Å². The second-order valence-electron chi connectivity index (χ2n) is 11.7. The predicted octanol–water partition coefficient (Wildman–Crippen LogP) is 6.86. The van der Waals surface area contributed by atoms with E-state index in [1.165, 1.54) is 89.4 Å². The van der Waals surface area contributed by atoms with Crippen molar-refractivity contribution < 1.29 is 41.8 Å². The van der Waals surface area contributed by atoms with Gasteiger partial charge in [-0.05, 0) is 11.6 Å². The van der Waals surface area contributed by atoms with E-state index in [0.717, 1.165) is 19.3 Å². The highest BCUT2D eigenvalue weighted by molar-refractivity contribution is 7.47. The summed E-state index contributed by atoms with van der Waals surface area (Å²) in [7, 11) is 1.52. The topological polar surface area (TPSA) is 129 Å². The molecule has 240 valence electrons. The summed E-state index contributed by atoms with van der Waals surface area (Å²) in [5.74, 6) is 0.138. The number of quaternary nitrogens is 1. The van der Waals surface area contributed by atoms with Gasteiger partial charge in [0.2, 0.25) is 0 Å². The number of phosphoric ester groups is 1. The fourth-order valence-electron chi connectivity index (χ4n) is 4.10. The van der Waals surface area contributed by atoms with Crippen molar-refractivity contribution in [2.75, 3.05) is 54.1 Å². The lowest BCUT2D eigenvalue weighted by atomic mass is 10.0. The molecule has 12 heteroatoms. The molecule has 0 aromatic carbocycles. The number of rotatable bonds is 27. The first-order valence-corrected chi connectivity index (χ1v) is 17.0. The van der Waals surface area contributed by atoms with Gasteiger partial charge in [-0.1, -0.05) is 96.8 Å². The minimum Gasteiger partial charge on any atom is -0.466 e. The van der Waals surface area contributed by atoms with Crippen molar-refractivity contribution in [3.05, 3.63) is 12.3 Å². The minimum absolute atomic E-state index is 0.0459. The monoisotopic (exact) mass is 606 g/mol. The Bertz CT molecular complexity index is 804. The number of phosphoric acid groups is 1. The lowest BCUT2D eigenvalue weighted by Crippen LogP contribution is -2.37. The highest BCUT2D eigenvalue weighted by Crippen LogP contribution is 2.43. The molecule has 0 saturated carbocycles. The number of likely N-dealkylation sites (N-methyl/N-ethyl adjacent to an activating group) is 1. The maximum absolute atomic E-state index is 12.2. The van der Waals surface area contributed by atoms with E-state index in [2.05, 4.69) is 17.4 Å². The predicted molar refractivity (Wildman–Crippen MR) is 160 cm³/mol. The molecule has 2 atom stereocenters.